The normalized spacial score (nSPS) is 11.1. The van der Waals surface area contributed by atoms with Crippen LogP contribution in [0.2, 0.25) is 0 Å². The minimum Gasteiger partial charge on any atom is -0.329 e. The van der Waals surface area contributed by atoms with Gasteiger partial charge < -0.3 is 4.98 Å². The molecular formula is C14H12FN3S. The molecule has 3 rings (SSSR count). The van der Waals surface area contributed by atoms with Crippen molar-refractivity contribution in [1.82, 2.24) is 14.5 Å². The third-order valence-electron chi connectivity index (χ3n) is 3.27. The number of fused-ring (bicyclic) bond motifs is 1. The molecule has 0 bridgehead atoms. The standard InChI is InChI=1S/C14H12FN3S/c1-8-6-7-16-13-12(8)17-14(19)18(13)11-5-3-4-10(15)9(11)2/h3-7H,1-2H3,(H,17,19). The lowest BCUT2D eigenvalue weighted by molar-refractivity contribution is 0.617. The van der Waals surface area contributed by atoms with E-state index < -0.39 is 0 Å². The number of hydrogen-bond acceptors (Lipinski definition) is 2. The van der Waals surface area contributed by atoms with Crippen molar-refractivity contribution in [3.8, 4) is 5.69 Å². The number of imidazole rings is 1. The van der Waals surface area contributed by atoms with Gasteiger partial charge >= 0.3 is 0 Å². The first-order valence-electron chi connectivity index (χ1n) is 5.91. The first kappa shape index (κ1) is 12.0. The van der Waals surface area contributed by atoms with Crippen molar-refractivity contribution in [2.45, 2.75) is 13.8 Å². The summed E-state index contributed by atoms with van der Waals surface area (Å²) in [6.07, 6.45) is 1.73. The van der Waals surface area contributed by atoms with Crippen LogP contribution >= 0.6 is 12.2 Å². The molecule has 0 saturated heterocycles. The van der Waals surface area contributed by atoms with Gasteiger partial charge in [0, 0.05) is 11.8 Å². The van der Waals surface area contributed by atoms with Gasteiger partial charge in [0.15, 0.2) is 10.4 Å². The Morgan fingerprint density at radius 1 is 1.26 bits per heavy atom. The highest BCUT2D eigenvalue weighted by Gasteiger charge is 2.12. The maximum Gasteiger partial charge on any atom is 0.184 e. The summed E-state index contributed by atoms with van der Waals surface area (Å²) >= 11 is 5.34. The molecule has 0 fully saturated rings. The fraction of sp³-hybridized carbons (Fsp3) is 0.143. The van der Waals surface area contributed by atoms with Crippen LogP contribution in [0.5, 0.6) is 0 Å². The van der Waals surface area contributed by atoms with E-state index in [0.29, 0.717) is 16.0 Å². The molecule has 0 radical (unpaired) electrons. The van der Waals surface area contributed by atoms with E-state index in [1.54, 1.807) is 23.8 Å². The van der Waals surface area contributed by atoms with Crippen molar-refractivity contribution >= 4 is 23.4 Å². The average Bonchev–Trinajstić information content (AvgIpc) is 2.71. The van der Waals surface area contributed by atoms with Gasteiger partial charge in [-0.2, -0.15) is 0 Å². The minimum absolute atomic E-state index is 0.249. The second kappa shape index (κ2) is 4.28. The molecule has 19 heavy (non-hydrogen) atoms. The molecule has 0 aliphatic rings. The number of rotatable bonds is 1. The number of aromatic nitrogens is 3. The van der Waals surface area contributed by atoms with Crippen molar-refractivity contribution < 1.29 is 4.39 Å². The summed E-state index contributed by atoms with van der Waals surface area (Å²) in [5.41, 5.74) is 3.94. The van der Waals surface area contributed by atoms with E-state index >= 15 is 0 Å². The molecule has 1 N–H and O–H groups in total. The SMILES string of the molecule is Cc1c(F)cccc1-n1c(=S)[nH]c2c(C)ccnc21. The van der Waals surface area contributed by atoms with Crippen LogP contribution in [0.15, 0.2) is 30.5 Å². The molecule has 3 nitrogen and oxygen atoms in total. The Balaban J connectivity index is 2.44. The molecule has 2 aromatic heterocycles. The molecule has 0 spiro atoms. The highest BCUT2D eigenvalue weighted by molar-refractivity contribution is 7.71. The Kier molecular flexibility index (Phi) is 2.71. The predicted molar refractivity (Wildman–Crippen MR) is 75.7 cm³/mol. The third kappa shape index (κ3) is 1.77. The van der Waals surface area contributed by atoms with Crippen molar-refractivity contribution in [3.05, 3.63) is 52.2 Å². The predicted octanol–water partition coefficient (Wildman–Crippen LogP) is 3.84. The number of benzene rings is 1. The molecule has 1 aromatic carbocycles. The molecular weight excluding hydrogens is 261 g/mol. The summed E-state index contributed by atoms with van der Waals surface area (Å²) in [6.45, 7) is 3.72. The Bertz CT molecular complexity index is 832. The lowest BCUT2D eigenvalue weighted by atomic mass is 10.2. The van der Waals surface area contributed by atoms with Gasteiger partial charge in [-0.1, -0.05) is 6.07 Å². The zero-order valence-electron chi connectivity index (χ0n) is 10.6. The molecule has 96 valence electrons. The number of halogens is 1. The zero-order chi connectivity index (χ0) is 13.6. The maximum atomic E-state index is 13.7. The Labute approximate surface area is 114 Å². The second-order valence-corrected chi connectivity index (χ2v) is 4.86. The van der Waals surface area contributed by atoms with E-state index in [2.05, 4.69) is 9.97 Å². The number of pyridine rings is 1. The van der Waals surface area contributed by atoms with E-state index in [1.807, 2.05) is 19.1 Å². The van der Waals surface area contributed by atoms with E-state index in [-0.39, 0.29) is 5.82 Å². The van der Waals surface area contributed by atoms with Gasteiger partial charge in [-0.25, -0.2) is 9.37 Å². The molecule has 0 saturated carbocycles. The highest BCUT2D eigenvalue weighted by atomic mass is 32.1. The summed E-state index contributed by atoms with van der Waals surface area (Å²) < 4.78 is 16.0. The zero-order valence-corrected chi connectivity index (χ0v) is 11.4. The fourth-order valence-electron chi connectivity index (χ4n) is 2.19. The monoisotopic (exact) mass is 273 g/mol. The van der Waals surface area contributed by atoms with Crippen LogP contribution in [-0.2, 0) is 0 Å². The smallest absolute Gasteiger partial charge is 0.184 e. The largest absolute Gasteiger partial charge is 0.329 e. The van der Waals surface area contributed by atoms with Crippen molar-refractivity contribution in [2.24, 2.45) is 0 Å². The fourth-order valence-corrected chi connectivity index (χ4v) is 2.48. The molecule has 0 unspecified atom stereocenters. The van der Waals surface area contributed by atoms with Gasteiger partial charge in [0.05, 0.1) is 11.2 Å². The highest BCUT2D eigenvalue weighted by Crippen LogP contribution is 2.23. The van der Waals surface area contributed by atoms with Gasteiger partial charge in [0.25, 0.3) is 0 Å². The number of H-pyrrole nitrogens is 1. The van der Waals surface area contributed by atoms with E-state index in [9.17, 15) is 4.39 Å². The van der Waals surface area contributed by atoms with Crippen LogP contribution < -0.4 is 0 Å². The van der Waals surface area contributed by atoms with Gasteiger partial charge in [0.2, 0.25) is 0 Å². The molecule has 3 aromatic rings. The summed E-state index contributed by atoms with van der Waals surface area (Å²) in [4.78, 5) is 7.49. The van der Waals surface area contributed by atoms with Crippen molar-refractivity contribution in [1.29, 1.82) is 0 Å². The molecule has 2 heterocycles. The van der Waals surface area contributed by atoms with Gasteiger partial charge in [-0.3, -0.25) is 4.57 Å². The summed E-state index contributed by atoms with van der Waals surface area (Å²) in [5, 5.41) is 0. The van der Waals surface area contributed by atoms with Crippen LogP contribution in [0.3, 0.4) is 0 Å². The average molecular weight is 273 g/mol. The summed E-state index contributed by atoms with van der Waals surface area (Å²) in [7, 11) is 0. The Morgan fingerprint density at radius 3 is 2.84 bits per heavy atom. The van der Waals surface area contributed by atoms with Crippen molar-refractivity contribution in [2.75, 3.05) is 0 Å². The summed E-state index contributed by atoms with van der Waals surface area (Å²) in [5.74, 6) is -0.249. The first-order chi connectivity index (χ1) is 9.09. The topological polar surface area (TPSA) is 33.6 Å². The molecule has 5 heteroatoms. The van der Waals surface area contributed by atoms with Crippen LogP contribution in [0.25, 0.3) is 16.9 Å². The lowest BCUT2D eigenvalue weighted by Crippen LogP contribution is -2.00. The van der Waals surface area contributed by atoms with Crippen LogP contribution in [-0.4, -0.2) is 14.5 Å². The Hall–Kier alpha value is -2.01. The van der Waals surface area contributed by atoms with Crippen LogP contribution in [0, 0.1) is 24.4 Å². The Morgan fingerprint density at radius 2 is 2.05 bits per heavy atom. The molecule has 0 aliphatic carbocycles. The minimum atomic E-state index is -0.249. The number of hydrogen-bond donors (Lipinski definition) is 1. The van der Waals surface area contributed by atoms with E-state index in [4.69, 9.17) is 12.2 Å². The number of aromatic amines is 1. The maximum absolute atomic E-state index is 13.7. The third-order valence-corrected chi connectivity index (χ3v) is 3.55. The van der Waals surface area contributed by atoms with E-state index in [0.717, 1.165) is 16.7 Å². The first-order valence-corrected chi connectivity index (χ1v) is 6.32. The molecule has 0 aliphatic heterocycles. The van der Waals surface area contributed by atoms with Crippen molar-refractivity contribution in [3.63, 3.8) is 0 Å². The molecule has 0 atom stereocenters. The van der Waals surface area contributed by atoms with Crippen LogP contribution in [0.1, 0.15) is 11.1 Å². The van der Waals surface area contributed by atoms with Gasteiger partial charge in [-0.15, -0.1) is 0 Å². The number of nitrogens with zero attached hydrogens (tertiary/aromatic N) is 2. The lowest BCUT2D eigenvalue weighted by Gasteiger charge is -2.08. The van der Waals surface area contributed by atoms with Gasteiger partial charge in [-0.05, 0) is 49.8 Å². The van der Waals surface area contributed by atoms with Gasteiger partial charge in [0.1, 0.15) is 5.82 Å². The van der Waals surface area contributed by atoms with E-state index in [1.165, 1.54) is 6.07 Å². The van der Waals surface area contributed by atoms with Crippen LogP contribution in [0.4, 0.5) is 4.39 Å². The summed E-state index contributed by atoms with van der Waals surface area (Å²) in [6, 6.07) is 6.87. The quantitative estimate of drug-likeness (QED) is 0.683. The molecule has 0 amide bonds. The number of aryl methyl sites for hydroxylation is 1. The second-order valence-electron chi connectivity index (χ2n) is 4.48. The number of nitrogens with one attached hydrogen (secondary N) is 1.